The van der Waals surface area contributed by atoms with Gasteiger partial charge in [0.2, 0.25) is 5.91 Å². The van der Waals surface area contributed by atoms with Crippen LogP contribution in [0.2, 0.25) is 0 Å². The molecule has 7 heteroatoms. The molecule has 0 fully saturated rings. The number of nitrogens with zero attached hydrogens (tertiary/aromatic N) is 2. The molecule has 2 amide bonds. The van der Waals surface area contributed by atoms with Gasteiger partial charge in [0, 0.05) is 43.7 Å². The van der Waals surface area contributed by atoms with Gasteiger partial charge in [-0.1, -0.05) is 61.5 Å². The maximum Gasteiger partial charge on any atom is 0.254 e. The molecule has 2 atom stereocenters. The van der Waals surface area contributed by atoms with Crippen molar-refractivity contribution in [3.63, 3.8) is 0 Å². The Morgan fingerprint density at radius 2 is 1.86 bits per heavy atom. The van der Waals surface area contributed by atoms with Gasteiger partial charge in [-0.3, -0.25) is 14.5 Å². The molecule has 0 aliphatic carbocycles. The van der Waals surface area contributed by atoms with Crippen molar-refractivity contribution in [3.8, 4) is 0 Å². The summed E-state index contributed by atoms with van der Waals surface area (Å²) in [7, 11) is 1.63. The summed E-state index contributed by atoms with van der Waals surface area (Å²) in [6, 6.07) is 21.6. The molecule has 1 aromatic heterocycles. The third kappa shape index (κ3) is 6.03. The molecule has 0 radical (unpaired) electrons. The first-order valence-electron chi connectivity index (χ1n) is 12.6. The number of carbonyl (C=O) groups is 2. The van der Waals surface area contributed by atoms with Crippen molar-refractivity contribution in [2.75, 3.05) is 39.9 Å². The normalized spacial score (nSPS) is 17.3. The molecule has 0 unspecified atom stereocenters. The summed E-state index contributed by atoms with van der Waals surface area (Å²) >= 11 is 1.58. The number of benzene rings is 2. The molecule has 190 valence electrons. The van der Waals surface area contributed by atoms with Gasteiger partial charge in [-0.05, 0) is 41.6 Å². The van der Waals surface area contributed by atoms with Crippen molar-refractivity contribution >= 4 is 23.2 Å². The first-order chi connectivity index (χ1) is 17.6. The average molecular weight is 506 g/mol. The number of ether oxygens (including phenoxy) is 1. The fourth-order valence-corrected chi connectivity index (χ4v) is 5.78. The minimum atomic E-state index is -0.471. The Morgan fingerprint density at radius 1 is 1.08 bits per heavy atom. The number of methoxy groups -OCH3 is 1. The maximum atomic E-state index is 13.7. The van der Waals surface area contributed by atoms with Gasteiger partial charge in [0.25, 0.3) is 5.91 Å². The molecule has 0 bridgehead atoms. The fraction of sp³-hybridized carbons (Fsp3) is 0.379. The molecular formula is C29H35N3O3S. The zero-order valence-corrected chi connectivity index (χ0v) is 21.9. The molecule has 0 saturated heterocycles. The Kier molecular flexibility index (Phi) is 9.28. The SMILES string of the molecule is CCN(CCCNC(=O)[C@H]1c2ccccc2C(=O)N(CCOC)[C@@H]1c1cccs1)Cc1ccccc1. The van der Waals surface area contributed by atoms with Crippen LogP contribution in [0.25, 0.3) is 0 Å². The lowest BCUT2D eigenvalue weighted by molar-refractivity contribution is -0.124. The average Bonchev–Trinajstić information content (AvgIpc) is 3.45. The van der Waals surface area contributed by atoms with Crippen LogP contribution in [0.1, 0.15) is 51.7 Å². The summed E-state index contributed by atoms with van der Waals surface area (Å²) < 4.78 is 5.30. The molecule has 0 saturated carbocycles. The zero-order chi connectivity index (χ0) is 25.3. The number of hydrogen-bond acceptors (Lipinski definition) is 5. The molecule has 3 aromatic rings. The molecule has 6 nitrogen and oxygen atoms in total. The third-order valence-electron chi connectivity index (χ3n) is 6.74. The van der Waals surface area contributed by atoms with E-state index in [1.165, 1.54) is 5.56 Å². The Labute approximate surface area is 217 Å². The molecule has 1 N–H and O–H groups in total. The van der Waals surface area contributed by atoms with Crippen LogP contribution in [0.15, 0.2) is 72.1 Å². The van der Waals surface area contributed by atoms with Gasteiger partial charge in [-0.2, -0.15) is 0 Å². The van der Waals surface area contributed by atoms with Gasteiger partial charge < -0.3 is 15.0 Å². The Balaban J connectivity index is 1.48. The minimum absolute atomic E-state index is 0.0399. The van der Waals surface area contributed by atoms with Crippen LogP contribution < -0.4 is 5.32 Å². The molecule has 0 spiro atoms. The molecule has 4 rings (SSSR count). The Morgan fingerprint density at radius 3 is 2.58 bits per heavy atom. The number of nitrogens with one attached hydrogen (secondary N) is 1. The highest BCUT2D eigenvalue weighted by atomic mass is 32.1. The zero-order valence-electron chi connectivity index (χ0n) is 21.1. The van der Waals surface area contributed by atoms with E-state index in [2.05, 4.69) is 41.4 Å². The second-order valence-corrected chi connectivity index (χ2v) is 9.99. The lowest BCUT2D eigenvalue weighted by Crippen LogP contribution is -2.48. The monoisotopic (exact) mass is 505 g/mol. The predicted molar refractivity (Wildman–Crippen MR) is 144 cm³/mol. The quantitative estimate of drug-likeness (QED) is 0.363. The van der Waals surface area contributed by atoms with Gasteiger partial charge >= 0.3 is 0 Å². The topological polar surface area (TPSA) is 61.9 Å². The maximum absolute atomic E-state index is 13.7. The lowest BCUT2D eigenvalue weighted by Gasteiger charge is -2.41. The standard InChI is InChI=1S/C29H35N3O3S/c1-3-31(21-22-11-5-4-6-12-22)17-10-16-30-28(33)26-23-13-7-8-14-24(23)29(34)32(18-19-35-2)27(26)25-15-9-20-36-25/h4-9,11-15,20,26-27H,3,10,16-19,21H2,1-2H3,(H,30,33)/t26-,27+/m0/s1. The van der Waals surface area contributed by atoms with Crippen LogP contribution >= 0.6 is 11.3 Å². The fourth-order valence-electron chi connectivity index (χ4n) is 4.90. The van der Waals surface area contributed by atoms with Crippen LogP contribution in [-0.4, -0.2) is 61.5 Å². The highest BCUT2D eigenvalue weighted by Gasteiger charge is 2.44. The molecule has 1 aliphatic heterocycles. The Hall–Kier alpha value is -3.00. The number of hydrogen-bond donors (Lipinski definition) is 1. The van der Waals surface area contributed by atoms with E-state index in [1.54, 1.807) is 23.3 Å². The van der Waals surface area contributed by atoms with Crippen molar-refractivity contribution < 1.29 is 14.3 Å². The highest BCUT2D eigenvalue weighted by molar-refractivity contribution is 7.10. The van der Waals surface area contributed by atoms with E-state index in [4.69, 9.17) is 4.74 Å². The van der Waals surface area contributed by atoms with Gasteiger partial charge in [-0.25, -0.2) is 0 Å². The van der Waals surface area contributed by atoms with Gasteiger partial charge in [0.1, 0.15) is 0 Å². The number of amides is 2. The van der Waals surface area contributed by atoms with Crippen LogP contribution in [-0.2, 0) is 16.1 Å². The molecule has 2 heterocycles. The van der Waals surface area contributed by atoms with E-state index in [0.29, 0.717) is 25.3 Å². The Bertz CT molecular complexity index is 1120. The summed E-state index contributed by atoms with van der Waals surface area (Å²) in [4.78, 5) is 32.4. The van der Waals surface area contributed by atoms with Crippen molar-refractivity contribution in [1.82, 2.24) is 15.1 Å². The third-order valence-corrected chi connectivity index (χ3v) is 7.68. The number of rotatable bonds is 12. The molecule has 36 heavy (non-hydrogen) atoms. The summed E-state index contributed by atoms with van der Waals surface area (Å²) in [5.41, 5.74) is 2.69. The predicted octanol–water partition coefficient (Wildman–Crippen LogP) is 4.70. The first-order valence-corrected chi connectivity index (χ1v) is 13.5. The minimum Gasteiger partial charge on any atom is -0.383 e. The first kappa shape index (κ1) is 26.1. The molecule has 1 aliphatic rings. The summed E-state index contributed by atoms with van der Waals surface area (Å²) in [5, 5.41) is 5.19. The number of fused-ring (bicyclic) bond motifs is 1. The van der Waals surface area contributed by atoms with Crippen molar-refractivity contribution in [2.45, 2.75) is 31.8 Å². The number of carbonyl (C=O) groups excluding carboxylic acids is 2. The van der Waals surface area contributed by atoms with E-state index in [9.17, 15) is 9.59 Å². The van der Waals surface area contributed by atoms with E-state index in [0.717, 1.165) is 36.5 Å². The molecular weight excluding hydrogens is 470 g/mol. The van der Waals surface area contributed by atoms with Crippen molar-refractivity contribution in [3.05, 3.63) is 93.7 Å². The van der Waals surface area contributed by atoms with Crippen LogP contribution in [0, 0.1) is 0 Å². The lowest BCUT2D eigenvalue weighted by atomic mass is 9.81. The van der Waals surface area contributed by atoms with E-state index in [1.807, 2.05) is 47.8 Å². The van der Waals surface area contributed by atoms with E-state index in [-0.39, 0.29) is 17.9 Å². The van der Waals surface area contributed by atoms with Gasteiger partial charge in [0.15, 0.2) is 0 Å². The van der Waals surface area contributed by atoms with Gasteiger partial charge in [-0.15, -0.1) is 11.3 Å². The van der Waals surface area contributed by atoms with E-state index < -0.39 is 5.92 Å². The largest absolute Gasteiger partial charge is 0.383 e. The van der Waals surface area contributed by atoms with Crippen LogP contribution in [0.4, 0.5) is 0 Å². The smallest absolute Gasteiger partial charge is 0.254 e. The van der Waals surface area contributed by atoms with Crippen LogP contribution in [0.3, 0.4) is 0 Å². The highest BCUT2D eigenvalue weighted by Crippen LogP contribution is 2.44. The molecule has 2 aromatic carbocycles. The summed E-state index contributed by atoms with van der Waals surface area (Å²) in [5.74, 6) is -0.563. The summed E-state index contributed by atoms with van der Waals surface area (Å²) in [6.07, 6.45) is 0.858. The second kappa shape index (κ2) is 12.8. The van der Waals surface area contributed by atoms with E-state index >= 15 is 0 Å². The second-order valence-electron chi connectivity index (χ2n) is 9.02. The van der Waals surface area contributed by atoms with Crippen molar-refractivity contribution in [1.29, 1.82) is 0 Å². The number of thiophene rings is 1. The van der Waals surface area contributed by atoms with Gasteiger partial charge in [0.05, 0.1) is 18.6 Å². The van der Waals surface area contributed by atoms with Crippen LogP contribution in [0.5, 0.6) is 0 Å². The van der Waals surface area contributed by atoms with Crippen molar-refractivity contribution in [2.24, 2.45) is 0 Å². The summed E-state index contributed by atoms with van der Waals surface area (Å²) in [6.45, 7) is 6.36.